The van der Waals surface area contributed by atoms with Crippen LogP contribution >= 0.6 is 0 Å². The summed E-state index contributed by atoms with van der Waals surface area (Å²) >= 11 is 0. The number of halogens is 1. The lowest BCUT2D eigenvalue weighted by Gasteiger charge is -2.30. The van der Waals surface area contributed by atoms with Gasteiger partial charge in [0.25, 0.3) is 0 Å². The van der Waals surface area contributed by atoms with Crippen molar-refractivity contribution in [2.24, 2.45) is 10.9 Å². The lowest BCUT2D eigenvalue weighted by Crippen LogP contribution is -2.35. The maximum Gasteiger partial charge on any atom is 0.172 e. The van der Waals surface area contributed by atoms with Gasteiger partial charge in [-0.15, -0.1) is 10.2 Å². The van der Waals surface area contributed by atoms with Crippen molar-refractivity contribution in [3.05, 3.63) is 41.7 Å². The van der Waals surface area contributed by atoms with Crippen molar-refractivity contribution >= 4 is 11.5 Å². The van der Waals surface area contributed by atoms with Gasteiger partial charge < -0.3 is 20.4 Å². The van der Waals surface area contributed by atoms with E-state index in [1.54, 1.807) is 12.4 Å². The lowest BCUT2D eigenvalue weighted by molar-refractivity contribution is 0.318. The summed E-state index contributed by atoms with van der Waals surface area (Å²) in [5.74, 6) is 0.271. The molecule has 2 aromatic rings. The fourth-order valence-corrected chi connectivity index (χ4v) is 2.32. The molecular formula is C12H13FN6O. The third-order valence-electron chi connectivity index (χ3n) is 3.32. The summed E-state index contributed by atoms with van der Waals surface area (Å²) in [6.07, 6.45) is 1.68. The van der Waals surface area contributed by atoms with E-state index in [1.807, 2.05) is 9.47 Å². The number of fused-ring (bicyclic) bond motifs is 1. The van der Waals surface area contributed by atoms with E-state index in [0.29, 0.717) is 24.3 Å². The van der Waals surface area contributed by atoms with Crippen LogP contribution in [0.25, 0.3) is 0 Å². The fraction of sp³-hybridized carbons (Fsp3) is 0.250. The number of amidine groups is 1. The minimum Gasteiger partial charge on any atom is -0.409 e. The van der Waals surface area contributed by atoms with E-state index in [1.165, 1.54) is 12.1 Å². The first-order valence-corrected chi connectivity index (χ1v) is 6.08. The van der Waals surface area contributed by atoms with E-state index in [0.717, 1.165) is 12.4 Å². The van der Waals surface area contributed by atoms with E-state index >= 15 is 0 Å². The largest absolute Gasteiger partial charge is 0.409 e. The molecule has 0 fully saturated rings. The molecule has 0 atom stereocenters. The van der Waals surface area contributed by atoms with Gasteiger partial charge in [0, 0.05) is 24.3 Å². The van der Waals surface area contributed by atoms with E-state index in [9.17, 15) is 4.39 Å². The molecule has 0 saturated heterocycles. The first-order valence-electron chi connectivity index (χ1n) is 6.08. The second-order valence-corrected chi connectivity index (χ2v) is 4.51. The molecule has 0 saturated carbocycles. The Morgan fingerprint density at radius 2 is 2.25 bits per heavy atom. The molecule has 104 valence electrons. The van der Waals surface area contributed by atoms with Gasteiger partial charge in [-0.1, -0.05) is 5.16 Å². The van der Waals surface area contributed by atoms with Crippen molar-refractivity contribution in [1.82, 2.24) is 14.8 Å². The van der Waals surface area contributed by atoms with E-state index < -0.39 is 5.82 Å². The number of anilines is 1. The third-order valence-corrected chi connectivity index (χ3v) is 3.32. The second-order valence-electron chi connectivity index (χ2n) is 4.51. The van der Waals surface area contributed by atoms with Gasteiger partial charge >= 0.3 is 0 Å². The summed E-state index contributed by atoms with van der Waals surface area (Å²) in [7, 11) is 0. The van der Waals surface area contributed by atoms with Crippen molar-refractivity contribution in [2.75, 3.05) is 11.4 Å². The number of oxime groups is 1. The van der Waals surface area contributed by atoms with Crippen LogP contribution in [0.15, 0.2) is 29.7 Å². The molecule has 8 heteroatoms. The highest BCUT2D eigenvalue weighted by Gasteiger charge is 2.21. The maximum absolute atomic E-state index is 13.4. The Balaban J connectivity index is 1.99. The molecule has 1 aliphatic heterocycles. The monoisotopic (exact) mass is 276 g/mol. The molecule has 1 aliphatic rings. The minimum atomic E-state index is -0.435. The van der Waals surface area contributed by atoms with Crippen molar-refractivity contribution in [2.45, 2.75) is 13.1 Å². The standard InChI is InChI=1S/C12H13FN6O/c13-8-1-2-10(9(5-8)12(14)17-20)18-3-4-19-7-15-16-11(19)6-18/h1-2,5,7,20H,3-4,6H2,(H2,14,17). The number of nitrogens with two attached hydrogens (primary N) is 1. The first-order chi connectivity index (χ1) is 9.69. The first kappa shape index (κ1) is 12.4. The van der Waals surface area contributed by atoms with Crippen LogP contribution in [0.4, 0.5) is 10.1 Å². The highest BCUT2D eigenvalue weighted by atomic mass is 19.1. The molecule has 0 unspecified atom stereocenters. The Morgan fingerprint density at radius 3 is 3.05 bits per heavy atom. The van der Waals surface area contributed by atoms with Gasteiger partial charge in [0.1, 0.15) is 12.1 Å². The summed E-state index contributed by atoms with van der Waals surface area (Å²) in [5, 5.41) is 19.7. The van der Waals surface area contributed by atoms with Crippen LogP contribution in [0.1, 0.15) is 11.4 Å². The van der Waals surface area contributed by atoms with Gasteiger partial charge in [0.05, 0.1) is 6.54 Å². The van der Waals surface area contributed by atoms with Gasteiger partial charge in [0.2, 0.25) is 0 Å². The quantitative estimate of drug-likeness (QED) is 0.361. The van der Waals surface area contributed by atoms with E-state index in [-0.39, 0.29) is 5.84 Å². The van der Waals surface area contributed by atoms with Crippen molar-refractivity contribution in [3.63, 3.8) is 0 Å². The predicted molar refractivity (Wildman–Crippen MR) is 70.0 cm³/mol. The van der Waals surface area contributed by atoms with Crippen LogP contribution in [0, 0.1) is 5.82 Å². The lowest BCUT2D eigenvalue weighted by atomic mass is 10.1. The zero-order valence-corrected chi connectivity index (χ0v) is 10.6. The molecule has 0 bridgehead atoms. The topological polar surface area (TPSA) is 92.6 Å². The minimum absolute atomic E-state index is 0.119. The van der Waals surface area contributed by atoms with Gasteiger partial charge in [-0.3, -0.25) is 0 Å². The molecule has 1 aromatic carbocycles. The second kappa shape index (κ2) is 4.80. The highest BCUT2D eigenvalue weighted by molar-refractivity contribution is 6.02. The van der Waals surface area contributed by atoms with Crippen LogP contribution < -0.4 is 10.6 Å². The Hall–Kier alpha value is -2.64. The summed E-state index contributed by atoms with van der Waals surface area (Å²) in [5.41, 5.74) is 6.68. The van der Waals surface area contributed by atoms with Crippen LogP contribution in [-0.4, -0.2) is 32.4 Å². The molecule has 20 heavy (non-hydrogen) atoms. The molecule has 0 spiro atoms. The maximum atomic E-state index is 13.4. The molecule has 3 rings (SSSR count). The zero-order valence-electron chi connectivity index (χ0n) is 10.6. The van der Waals surface area contributed by atoms with Gasteiger partial charge in [-0.2, -0.15) is 0 Å². The summed E-state index contributed by atoms with van der Waals surface area (Å²) in [4.78, 5) is 2.00. The van der Waals surface area contributed by atoms with Crippen LogP contribution in [0.2, 0.25) is 0 Å². The number of benzene rings is 1. The number of aromatic nitrogens is 3. The Labute approximate surface area is 114 Å². The van der Waals surface area contributed by atoms with Crippen molar-refractivity contribution < 1.29 is 9.60 Å². The fourth-order valence-electron chi connectivity index (χ4n) is 2.32. The Morgan fingerprint density at radius 1 is 1.40 bits per heavy atom. The predicted octanol–water partition coefficient (Wildman–Crippen LogP) is 0.532. The van der Waals surface area contributed by atoms with Gasteiger partial charge in [-0.25, -0.2) is 4.39 Å². The van der Waals surface area contributed by atoms with Gasteiger partial charge in [-0.05, 0) is 18.2 Å². The normalized spacial score (nSPS) is 15.2. The summed E-state index contributed by atoms with van der Waals surface area (Å²) in [6, 6.07) is 4.22. The molecule has 1 aromatic heterocycles. The van der Waals surface area contributed by atoms with Crippen LogP contribution in [0.3, 0.4) is 0 Å². The van der Waals surface area contributed by atoms with Crippen molar-refractivity contribution in [1.29, 1.82) is 0 Å². The molecule has 3 N–H and O–H groups in total. The Bertz CT molecular complexity index is 668. The molecule has 0 aliphatic carbocycles. The molecule has 0 amide bonds. The van der Waals surface area contributed by atoms with Gasteiger partial charge in [0.15, 0.2) is 11.7 Å². The van der Waals surface area contributed by atoms with Crippen molar-refractivity contribution in [3.8, 4) is 0 Å². The number of nitrogens with zero attached hydrogens (tertiary/aromatic N) is 5. The average Bonchev–Trinajstić information content (AvgIpc) is 2.93. The average molecular weight is 276 g/mol. The van der Waals surface area contributed by atoms with Crippen LogP contribution in [-0.2, 0) is 13.1 Å². The van der Waals surface area contributed by atoms with E-state index in [2.05, 4.69) is 15.4 Å². The number of rotatable bonds is 2. The molecule has 7 nitrogen and oxygen atoms in total. The van der Waals surface area contributed by atoms with E-state index in [4.69, 9.17) is 10.9 Å². The summed E-state index contributed by atoms with van der Waals surface area (Å²) < 4.78 is 15.3. The number of hydrogen-bond acceptors (Lipinski definition) is 5. The third kappa shape index (κ3) is 2.04. The molecule has 2 heterocycles. The molecular weight excluding hydrogens is 263 g/mol. The smallest absolute Gasteiger partial charge is 0.172 e. The SMILES string of the molecule is NC(=NO)c1cc(F)ccc1N1CCn2cnnc2C1. The molecule has 0 radical (unpaired) electrons. The summed E-state index contributed by atoms with van der Waals surface area (Å²) in [6.45, 7) is 1.98. The highest BCUT2D eigenvalue weighted by Crippen LogP contribution is 2.25. The zero-order chi connectivity index (χ0) is 14.1. The number of hydrogen-bond donors (Lipinski definition) is 2. The van der Waals surface area contributed by atoms with Crippen LogP contribution in [0.5, 0.6) is 0 Å². The Kier molecular flexibility index (Phi) is 2.97.